The van der Waals surface area contributed by atoms with Gasteiger partial charge in [0.15, 0.2) is 0 Å². The second-order valence-corrected chi connectivity index (χ2v) is 16.8. The summed E-state index contributed by atoms with van der Waals surface area (Å²) in [6.45, 7) is 15.3. The molecule has 9 rings (SSSR count). The van der Waals surface area contributed by atoms with Gasteiger partial charge >= 0.3 is 0 Å². The minimum atomic E-state index is -0.109. The van der Waals surface area contributed by atoms with Gasteiger partial charge in [-0.05, 0) is 100 Å². The summed E-state index contributed by atoms with van der Waals surface area (Å²) in [5.41, 5.74) is 13.4. The zero-order valence-electron chi connectivity index (χ0n) is 30.8. The number of benzene rings is 5. The van der Waals surface area contributed by atoms with Crippen LogP contribution in [0.15, 0.2) is 133 Å². The van der Waals surface area contributed by atoms with Crippen molar-refractivity contribution in [3.8, 4) is 0 Å². The molecular formula is C49H48N2. The molecule has 0 N–H and O–H groups in total. The lowest BCUT2D eigenvalue weighted by molar-refractivity contribution is 0.390. The molecule has 0 bridgehead atoms. The molecule has 2 heterocycles. The van der Waals surface area contributed by atoms with Crippen molar-refractivity contribution >= 4 is 46.1 Å². The average Bonchev–Trinajstić information content (AvgIpc) is 3.35. The SMILES string of the molecule is CC1(C)CCN(c2ccc(/C=C/c3ccc4c(c3)C(C)(C)C3C=C(N5c6ccccc6C=CC5(C)C)C=CC43)c3ccccc23)c2ccccc21. The van der Waals surface area contributed by atoms with Crippen molar-refractivity contribution in [3.05, 3.63) is 167 Å². The van der Waals surface area contributed by atoms with Crippen molar-refractivity contribution in [1.29, 1.82) is 0 Å². The molecule has 5 aromatic rings. The predicted octanol–water partition coefficient (Wildman–Crippen LogP) is 12.6. The molecule has 51 heavy (non-hydrogen) atoms. The standard InChI is InChI=1S/C49H48N2/c1-47(2)29-30-50(46-18-12-10-16-41(46)47)45-26-22-34(37-14-8-9-15-40(37)45)21-19-33-20-24-38-39-25-23-36(32-43(39)49(5,6)42(38)31-33)51-44-17-11-7-13-35(44)27-28-48(51,3)4/h7-28,31-32,39,43H,29-30H2,1-6H3/b21-19+. The molecule has 0 fully saturated rings. The first kappa shape index (κ1) is 31.9. The van der Waals surface area contributed by atoms with E-state index in [2.05, 4.69) is 197 Å². The van der Waals surface area contributed by atoms with Crippen LogP contribution in [0.4, 0.5) is 17.1 Å². The van der Waals surface area contributed by atoms with Gasteiger partial charge in [-0.25, -0.2) is 0 Å². The maximum absolute atomic E-state index is 2.56. The zero-order valence-corrected chi connectivity index (χ0v) is 30.8. The lowest BCUT2D eigenvalue weighted by Crippen LogP contribution is -2.44. The first-order valence-corrected chi connectivity index (χ1v) is 18.7. The quantitative estimate of drug-likeness (QED) is 0.176. The first-order valence-electron chi connectivity index (χ1n) is 18.7. The molecule has 254 valence electrons. The predicted molar refractivity (Wildman–Crippen MR) is 219 cm³/mol. The molecule has 2 aliphatic carbocycles. The third-order valence-electron chi connectivity index (χ3n) is 12.4. The van der Waals surface area contributed by atoms with Gasteiger partial charge in [-0.15, -0.1) is 0 Å². The van der Waals surface area contributed by atoms with E-state index in [0.29, 0.717) is 11.8 Å². The minimum absolute atomic E-state index is 0.00277. The Morgan fingerprint density at radius 3 is 2.25 bits per heavy atom. The maximum Gasteiger partial charge on any atom is 0.0580 e. The van der Waals surface area contributed by atoms with Gasteiger partial charge in [0, 0.05) is 40.6 Å². The highest BCUT2D eigenvalue weighted by atomic mass is 15.2. The number of para-hydroxylation sites is 2. The highest BCUT2D eigenvalue weighted by Gasteiger charge is 2.46. The van der Waals surface area contributed by atoms with Crippen molar-refractivity contribution in [2.45, 2.75) is 70.3 Å². The van der Waals surface area contributed by atoms with Crippen molar-refractivity contribution in [2.75, 3.05) is 16.3 Å². The largest absolute Gasteiger partial charge is 0.341 e. The summed E-state index contributed by atoms with van der Waals surface area (Å²) in [5.74, 6) is 0.778. The fourth-order valence-electron chi connectivity index (χ4n) is 9.51. The Kier molecular flexibility index (Phi) is 7.17. The summed E-state index contributed by atoms with van der Waals surface area (Å²) < 4.78 is 0. The molecule has 2 nitrogen and oxygen atoms in total. The van der Waals surface area contributed by atoms with Crippen molar-refractivity contribution < 1.29 is 0 Å². The molecule has 0 saturated carbocycles. The van der Waals surface area contributed by atoms with Gasteiger partial charge in [-0.1, -0.05) is 149 Å². The molecule has 5 aromatic carbocycles. The van der Waals surface area contributed by atoms with Crippen molar-refractivity contribution in [1.82, 2.24) is 0 Å². The van der Waals surface area contributed by atoms with E-state index in [4.69, 9.17) is 0 Å². The lowest BCUT2D eigenvalue weighted by Gasteiger charge is -2.44. The van der Waals surface area contributed by atoms with Crippen LogP contribution in [0.1, 0.15) is 87.3 Å². The van der Waals surface area contributed by atoms with E-state index >= 15 is 0 Å². The van der Waals surface area contributed by atoms with Gasteiger partial charge in [0.25, 0.3) is 0 Å². The third kappa shape index (κ3) is 5.06. The van der Waals surface area contributed by atoms with Crippen LogP contribution in [0.3, 0.4) is 0 Å². The summed E-state index contributed by atoms with van der Waals surface area (Å²) in [4.78, 5) is 5.07. The van der Waals surface area contributed by atoms with E-state index in [1.165, 1.54) is 66.9 Å². The monoisotopic (exact) mass is 664 g/mol. The van der Waals surface area contributed by atoms with Crippen LogP contribution < -0.4 is 9.80 Å². The van der Waals surface area contributed by atoms with Gasteiger partial charge in [0.05, 0.1) is 5.54 Å². The summed E-state index contributed by atoms with van der Waals surface area (Å²) in [6.07, 6.45) is 17.8. The van der Waals surface area contributed by atoms with E-state index in [0.717, 1.165) is 13.0 Å². The fraction of sp³-hybridized carbons (Fsp3) is 0.265. The van der Waals surface area contributed by atoms with Gasteiger partial charge in [-0.2, -0.15) is 0 Å². The number of fused-ring (bicyclic) bond motifs is 6. The summed E-state index contributed by atoms with van der Waals surface area (Å²) in [5, 5.41) is 2.60. The van der Waals surface area contributed by atoms with E-state index in [1.807, 2.05) is 0 Å². The van der Waals surface area contributed by atoms with Crippen LogP contribution in [-0.4, -0.2) is 12.1 Å². The highest BCUT2D eigenvalue weighted by molar-refractivity contribution is 6.02. The summed E-state index contributed by atoms with van der Waals surface area (Å²) >= 11 is 0. The fourth-order valence-corrected chi connectivity index (χ4v) is 9.51. The minimum Gasteiger partial charge on any atom is -0.341 e. The van der Waals surface area contributed by atoms with E-state index < -0.39 is 0 Å². The Hall–Kier alpha value is -5.08. The molecule has 2 unspecified atom stereocenters. The van der Waals surface area contributed by atoms with Crippen LogP contribution >= 0.6 is 0 Å². The zero-order chi connectivity index (χ0) is 35.1. The van der Waals surface area contributed by atoms with Crippen LogP contribution in [0.25, 0.3) is 29.0 Å². The van der Waals surface area contributed by atoms with Crippen LogP contribution in [0.5, 0.6) is 0 Å². The van der Waals surface area contributed by atoms with E-state index in [-0.39, 0.29) is 16.4 Å². The van der Waals surface area contributed by atoms with Crippen LogP contribution in [0.2, 0.25) is 0 Å². The van der Waals surface area contributed by atoms with Crippen LogP contribution in [-0.2, 0) is 10.8 Å². The van der Waals surface area contributed by atoms with Crippen LogP contribution in [0, 0.1) is 5.92 Å². The Morgan fingerprint density at radius 1 is 0.667 bits per heavy atom. The molecule has 0 spiro atoms. The molecule has 2 atom stereocenters. The number of hydrogen-bond acceptors (Lipinski definition) is 2. The normalized spacial score (nSPS) is 22.0. The molecule has 4 aliphatic rings. The van der Waals surface area contributed by atoms with Gasteiger partial charge in [0.1, 0.15) is 0 Å². The molecule has 0 radical (unpaired) electrons. The Bertz CT molecular complexity index is 2330. The highest BCUT2D eigenvalue weighted by Crippen LogP contribution is 2.55. The smallest absolute Gasteiger partial charge is 0.0580 e. The molecular weight excluding hydrogens is 617 g/mol. The van der Waals surface area contributed by atoms with E-state index in [9.17, 15) is 0 Å². The van der Waals surface area contributed by atoms with Gasteiger partial charge in [0.2, 0.25) is 0 Å². The Labute approximate surface area is 304 Å². The first-order chi connectivity index (χ1) is 24.5. The topological polar surface area (TPSA) is 6.48 Å². The number of hydrogen-bond donors (Lipinski definition) is 0. The van der Waals surface area contributed by atoms with Crippen molar-refractivity contribution in [2.24, 2.45) is 5.92 Å². The molecule has 0 aromatic heterocycles. The van der Waals surface area contributed by atoms with E-state index in [1.54, 1.807) is 0 Å². The summed E-state index contributed by atoms with van der Waals surface area (Å²) in [6, 6.07) is 38.5. The van der Waals surface area contributed by atoms with Gasteiger partial charge in [-0.3, -0.25) is 0 Å². The number of allylic oxidation sites excluding steroid dienone is 3. The number of nitrogens with zero attached hydrogens (tertiary/aromatic N) is 2. The molecule has 0 saturated heterocycles. The second-order valence-electron chi connectivity index (χ2n) is 16.8. The summed E-state index contributed by atoms with van der Waals surface area (Å²) in [7, 11) is 0. The average molecular weight is 665 g/mol. The molecule has 2 heteroatoms. The second kappa shape index (κ2) is 11.5. The molecule has 0 amide bonds. The lowest BCUT2D eigenvalue weighted by atomic mass is 9.73. The Balaban J connectivity index is 1.03. The number of anilines is 3. The maximum atomic E-state index is 2.56. The third-order valence-corrected chi connectivity index (χ3v) is 12.4. The van der Waals surface area contributed by atoms with Crippen molar-refractivity contribution in [3.63, 3.8) is 0 Å². The number of rotatable bonds is 4. The Morgan fingerprint density at radius 2 is 1.41 bits per heavy atom. The van der Waals surface area contributed by atoms with Gasteiger partial charge < -0.3 is 9.80 Å². The molecule has 2 aliphatic heterocycles.